The third-order valence-corrected chi connectivity index (χ3v) is 3.83. The molecule has 0 bridgehead atoms. The van der Waals surface area contributed by atoms with Crippen LogP contribution in [0.2, 0.25) is 0 Å². The molecule has 0 fully saturated rings. The highest BCUT2D eigenvalue weighted by Gasteiger charge is 2.09. The lowest BCUT2D eigenvalue weighted by atomic mass is 10.1. The number of carbonyl (C=O) groups is 1. The summed E-state index contributed by atoms with van der Waals surface area (Å²) >= 11 is 1.29. The molecular weight excluding hydrogens is 282 g/mol. The van der Waals surface area contributed by atoms with Crippen molar-refractivity contribution < 1.29 is 13.6 Å². The number of halogens is 2. The van der Waals surface area contributed by atoms with E-state index < -0.39 is 17.5 Å². The third-order valence-electron chi connectivity index (χ3n) is 2.69. The molecule has 0 saturated carbocycles. The molecule has 0 unspecified atom stereocenters. The number of rotatable bonds is 4. The van der Waals surface area contributed by atoms with Crippen LogP contribution in [0.25, 0.3) is 0 Å². The van der Waals surface area contributed by atoms with Crippen LogP contribution in [0.1, 0.15) is 15.9 Å². The van der Waals surface area contributed by atoms with Gasteiger partial charge in [-0.3, -0.25) is 4.79 Å². The zero-order valence-electron chi connectivity index (χ0n) is 10.4. The monoisotopic (exact) mass is 294 g/mol. The number of carbonyl (C=O) groups excluding carboxylic acids is 1. The van der Waals surface area contributed by atoms with Gasteiger partial charge in [0.2, 0.25) is 5.91 Å². The molecular formula is C14H12F2N2OS. The van der Waals surface area contributed by atoms with Gasteiger partial charge in [-0.25, -0.2) is 8.78 Å². The molecule has 0 spiro atoms. The molecule has 6 heteroatoms. The topological polar surface area (TPSA) is 69.1 Å². The van der Waals surface area contributed by atoms with Crippen LogP contribution in [0.15, 0.2) is 41.3 Å². The summed E-state index contributed by atoms with van der Waals surface area (Å²) in [6.07, 6.45) is 0. The van der Waals surface area contributed by atoms with E-state index in [0.717, 1.165) is 6.07 Å². The molecule has 0 atom stereocenters. The lowest BCUT2D eigenvalue weighted by Gasteiger charge is -2.07. The van der Waals surface area contributed by atoms with Crippen molar-refractivity contribution >= 4 is 23.4 Å². The second kappa shape index (κ2) is 5.92. The van der Waals surface area contributed by atoms with E-state index in [-0.39, 0.29) is 5.56 Å². The average molecular weight is 294 g/mol. The highest BCUT2D eigenvalue weighted by Crippen LogP contribution is 2.29. The lowest BCUT2D eigenvalue weighted by molar-refractivity contribution is 0.1000. The van der Waals surface area contributed by atoms with Gasteiger partial charge in [0.15, 0.2) is 0 Å². The Hall–Kier alpha value is -2.08. The molecule has 0 heterocycles. The number of nitrogen functional groups attached to an aromatic ring is 1. The summed E-state index contributed by atoms with van der Waals surface area (Å²) in [4.78, 5) is 11.6. The average Bonchev–Trinajstić information content (AvgIpc) is 2.38. The number of benzene rings is 2. The maximum Gasteiger partial charge on any atom is 0.248 e. The second-order valence-corrected chi connectivity index (χ2v) is 5.16. The Balaban J connectivity index is 2.13. The summed E-state index contributed by atoms with van der Waals surface area (Å²) in [5.74, 6) is -1.27. The second-order valence-electron chi connectivity index (χ2n) is 4.14. The number of hydrogen-bond acceptors (Lipinski definition) is 3. The maximum atomic E-state index is 13.8. The standard InChI is InChI=1S/C14H12F2N2OS/c15-10-3-4-13(12(17)6-10)20-7-9-2-1-8(14(18)19)5-11(9)16/h1-6H,7,17H2,(H2,18,19). The van der Waals surface area contributed by atoms with Gasteiger partial charge < -0.3 is 11.5 Å². The van der Waals surface area contributed by atoms with Gasteiger partial charge in [-0.2, -0.15) is 0 Å². The van der Waals surface area contributed by atoms with E-state index in [0.29, 0.717) is 21.9 Å². The molecule has 0 radical (unpaired) electrons. The van der Waals surface area contributed by atoms with Crippen molar-refractivity contribution in [1.29, 1.82) is 0 Å². The summed E-state index contributed by atoms with van der Waals surface area (Å²) < 4.78 is 26.7. The van der Waals surface area contributed by atoms with Crippen molar-refractivity contribution in [2.24, 2.45) is 5.73 Å². The molecule has 0 aromatic heterocycles. The van der Waals surface area contributed by atoms with E-state index >= 15 is 0 Å². The fourth-order valence-electron chi connectivity index (χ4n) is 1.62. The molecule has 0 aliphatic heterocycles. The van der Waals surface area contributed by atoms with Crippen LogP contribution in [0.3, 0.4) is 0 Å². The number of hydrogen-bond donors (Lipinski definition) is 2. The lowest BCUT2D eigenvalue weighted by Crippen LogP contribution is -2.11. The van der Waals surface area contributed by atoms with Crippen LogP contribution in [-0.2, 0) is 5.75 Å². The number of anilines is 1. The van der Waals surface area contributed by atoms with Gasteiger partial charge in [-0.15, -0.1) is 11.8 Å². The largest absolute Gasteiger partial charge is 0.398 e. The SMILES string of the molecule is NC(=O)c1ccc(CSc2ccc(F)cc2N)c(F)c1. The predicted molar refractivity (Wildman–Crippen MR) is 75.3 cm³/mol. The normalized spacial score (nSPS) is 10.5. The summed E-state index contributed by atoms with van der Waals surface area (Å²) in [6, 6.07) is 8.13. The van der Waals surface area contributed by atoms with Crippen molar-refractivity contribution in [2.75, 3.05) is 5.73 Å². The fourth-order valence-corrected chi connectivity index (χ4v) is 2.56. The van der Waals surface area contributed by atoms with Gasteiger partial charge in [0.1, 0.15) is 11.6 Å². The molecule has 3 nitrogen and oxygen atoms in total. The van der Waals surface area contributed by atoms with Crippen LogP contribution in [0.5, 0.6) is 0 Å². The van der Waals surface area contributed by atoms with Crippen LogP contribution < -0.4 is 11.5 Å². The van der Waals surface area contributed by atoms with Gasteiger partial charge in [0.05, 0.1) is 0 Å². The Bertz CT molecular complexity index is 662. The quantitative estimate of drug-likeness (QED) is 0.673. The van der Waals surface area contributed by atoms with E-state index in [1.54, 1.807) is 6.07 Å². The van der Waals surface area contributed by atoms with E-state index in [1.807, 2.05) is 0 Å². The first-order chi connectivity index (χ1) is 9.47. The van der Waals surface area contributed by atoms with Gasteiger partial charge in [0.25, 0.3) is 0 Å². The zero-order valence-corrected chi connectivity index (χ0v) is 11.2. The first kappa shape index (κ1) is 14.3. The Morgan fingerprint density at radius 3 is 2.50 bits per heavy atom. The molecule has 2 aromatic carbocycles. The highest BCUT2D eigenvalue weighted by atomic mass is 32.2. The van der Waals surface area contributed by atoms with Crippen LogP contribution >= 0.6 is 11.8 Å². The van der Waals surface area contributed by atoms with E-state index in [9.17, 15) is 13.6 Å². The minimum absolute atomic E-state index is 0.123. The molecule has 4 N–H and O–H groups in total. The summed E-state index contributed by atoms with van der Waals surface area (Å²) in [5, 5.41) is 0. The first-order valence-electron chi connectivity index (χ1n) is 5.73. The molecule has 20 heavy (non-hydrogen) atoms. The molecule has 2 rings (SSSR count). The molecule has 1 amide bonds. The number of amides is 1. The van der Waals surface area contributed by atoms with Gasteiger partial charge in [-0.1, -0.05) is 6.07 Å². The number of primary amides is 1. The van der Waals surface area contributed by atoms with Crippen molar-refractivity contribution in [3.63, 3.8) is 0 Å². The van der Waals surface area contributed by atoms with Gasteiger partial charge >= 0.3 is 0 Å². The van der Waals surface area contributed by atoms with Gasteiger partial charge in [0, 0.05) is 21.9 Å². The Labute approximate surface area is 119 Å². The summed E-state index contributed by atoms with van der Waals surface area (Å²) in [7, 11) is 0. The van der Waals surface area contributed by atoms with Crippen molar-refractivity contribution in [1.82, 2.24) is 0 Å². The van der Waals surface area contributed by atoms with Crippen molar-refractivity contribution in [2.45, 2.75) is 10.6 Å². The highest BCUT2D eigenvalue weighted by molar-refractivity contribution is 7.98. The van der Waals surface area contributed by atoms with Crippen LogP contribution in [0.4, 0.5) is 14.5 Å². The van der Waals surface area contributed by atoms with E-state index in [2.05, 4.69) is 0 Å². The maximum absolute atomic E-state index is 13.8. The smallest absolute Gasteiger partial charge is 0.248 e. The zero-order chi connectivity index (χ0) is 14.7. The number of nitrogens with two attached hydrogens (primary N) is 2. The van der Waals surface area contributed by atoms with Crippen molar-refractivity contribution in [3.8, 4) is 0 Å². The predicted octanol–water partition coefficient (Wildman–Crippen LogP) is 2.94. The van der Waals surface area contributed by atoms with Crippen LogP contribution in [-0.4, -0.2) is 5.91 Å². The Kier molecular flexibility index (Phi) is 4.24. The van der Waals surface area contributed by atoms with Crippen LogP contribution in [0, 0.1) is 11.6 Å². The Morgan fingerprint density at radius 1 is 1.15 bits per heavy atom. The van der Waals surface area contributed by atoms with Gasteiger partial charge in [-0.05, 0) is 35.9 Å². The fraction of sp³-hybridized carbons (Fsp3) is 0.0714. The van der Waals surface area contributed by atoms with Crippen molar-refractivity contribution in [3.05, 3.63) is 59.2 Å². The summed E-state index contributed by atoms with van der Waals surface area (Å²) in [6.45, 7) is 0. The minimum atomic E-state index is -0.675. The molecule has 0 aliphatic carbocycles. The molecule has 0 aliphatic rings. The minimum Gasteiger partial charge on any atom is -0.398 e. The summed E-state index contributed by atoms with van der Waals surface area (Å²) in [5.41, 5.74) is 11.6. The number of thioether (sulfide) groups is 1. The first-order valence-corrected chi connectivity index (χ1v) is 6.72. The van der Waals surface area contributed by atoms with E-state index in [4.69, 9.17) is 11.5 Å². The molecule has 104 valence electrons. The van der Waals surface area contributed by atoms with E-state index in [1.165, 1.54) is 36.0 Å². The molecule has 0 saturated heterocycles. The Morgan fingerprint density at radius 2 is 1.90 bits per heavy atom. The molecule has 2 aromatic rings. The third kappa shape index (κ3) is 3.27.